The summed E-state index contributed by atoms with van der Waals surface area (Å²) in [5, 5.41) is 2.79. The predicted molar refractivity (Wildman–Crippen MR) is 87.7 cm³/mol. The van der Waals surface area contributed by atoms with E-state index in [0.717, 1.165) is 5.69 Å². The fraction of sp³-hybridized carbons (Fsp3) is 0.133. The van der Waals surface area contributed by atoms with Crippen molar-refractivity contribution in [1.82, 2.24) is 4.98 Å². The quantitative estimate of drug-likeness (QED) is 0.572. The standard InChI is InChI=1S/C15H18N6O/c16-14(17)19-9-10-21(13-6-2-1-3-7-13)15(22)20-12-5-4-8-18-11-12/h1-8,11H,9-10H2,(H,20,22)(H4,16,17,19). The number of urea groups is 1. The number of nitrogens with two attached hydrogens (primary N) is 2. The third-order valence-corrected chi connectivity index (χ3v) is 2.84. The molecule has 0 unspecified atom stereocenters. The highest BCUT2D eigenvalue weighted by atomic mass is 16.2. The first-order valence-electron chi connectivity index (χ1n) is 6.76. The Hall–Kier alpha value is -3.09. The van der Waals surface area contributed by atoms with Gasteiger partial charge in [-0.3, -0.25) is 14.9 Å². The minimum Gasteiger partial charge on any atom is -0.370 e. The Balaban J connectivity index is 2.13. The van der Waals surface area contributed by atoms with Gasteiger partial charge in [0.05, 0.1) is 18.4 Å². The zero-order chi connectivity index (χ0) is 15.8. The average molecular weight is 298 g/mol. The second kappa shape index (κ2) is 7.63. The fourth-order valence-electron chi connectivity index (χ4n) is 1.86. The number of hydrogen-bond donors (Lipinski definition) is 3. The number of aliphatic imine (C=N–C) groups is 1. The number of rotatable bonds is 5. The van der Waals surface area contributed by atoms with E-state index in [0.29, 0.717) is 18.8 Å². The molecule has 0 saturated carbocycles. The lowest BCUT2D eigenvalue weighted by Gasteiger charge is -2.22. The van der Waals surface area contributed by atoms with Gasteiger partial charge in [0.1, 0.15) is 0 Å². The summed E-state index contributed by atoms with van der Waals surface area (Å²) in [6, 6.07) is 12.5. The number of nitrogens with one attached hydrogen (secondary N) is 1. The molecule has 7 nitrogen and oxygen atoms in total. The van der Waals surface area contributed by atoms with Crippen LogP contribution in [0.2, 0.25) is 0 Å². The molecule has 0 aliphatic rings. The van der Waals surface area contributed by atoms with Gasteiger partial charge in [-0.1, -0.05) is 18.2 Å². The second-order valence-corrected chi connectivity index (χ2v) is 4.47. The van der Waals surface area contributed by atoms with Gasteiger partial charge < -0.3 is 16.8 Å². The maximum Gasteiger partial charge on any atom is 0.326 e. The highest BCUT2D eigenvalue weighted by Gasteiger charge is 2.15. The molecule has 0 saturated heterocycles. The zero-order valence-electron chi connectivity index (χ0n) is 12.0. The molecule has 0 radical (unpaired) electrons. The molecule has 2 aromatic rings. The number of amides is 2. The number of para-hydroxylation sites is 1. The Bertz CT molecular complexity index is 625. The monoisotopic (exact) mass is 298 g/mol. The highest BCUT2D eigenvalue weighted by Crippen LogP contribution is 2.15. The van der Waals surface area contributed by atoms with E-state index in [4.69, 9.17) is 11.5 Å². The zero-order valence-corrected chi connectivity index (χ0v) is 12.0. The molecule has 2 rings (SSSR count). The minimum absolute atomic E-state index is 0.000629. The van der Waals surface area contributed by atoms with Gasteiger partial charge in [-0.05, 0) is 24.3 Å². The van der Waals surface area contributed by atoms with Crippen LogP contribution in [0.15, 0.2) is 59.9 Å². The number of guanidine groups is 1. The summed E-state index contributed by atoms with van der Waals surface area (Å²) in [5.41, 5.74) is 12.0. The number of carbonyl (C=O) groups excluding carboxylic acids is 1. The summed E-state index contributed by atoms with van der Waals surface area (Å²) in [4.78, 5) is 21.9. The summed E-state index contributed by atoms with van der Waals surface area (Å²) >= 11 is 0. The fourth-order valence-corrected chi connectivity index (χ4v) is 1.86. The first kappa shape index (κ1) is 15.3. The Morgan fingerprint density at radius 3 is 2.59 bits per heavy atom. The van der Waals surface area contributed by atoms with Gasteiger partial charge in [0.15, 0.2) is 5.96 Å². The molecule has 1 aromatic carbocycles. The third kappa shape index (κ3) is 4.48. The molecule has 0 bridgehead atoms. The van der Waals surface area contributed by atoms with Gasteiger partial charge in [0.25, 0.3) is 0 Å². The minimum atomic E-state index is -0.273. The maximum atomic E-state index is 12.5. The first-order valence-corrected chi connectivity index (χ1v) is 6.76. The molecule has 22 heavy (non-hydrogen) atoms. The van der Waals surface area contributed by atoms with Crippen LogP contribution in [0.4, 0.5) is 16.2 Å². The Kier molecular flexibility index (Phi) is 5.31. The number of pyridine rings is 1. The van der Waals surface area contributed by atoms with Crippen LogP contribution in [0.25, 0.3) is 0 Å². The molecule has 0 atom stereocenters. The van der Waals surface area contributed by atoms with Crippen molar-refractivity contribution in [2.24, 2.45) is 16.5 Å². The van der Waals surface area contributed by atoms with Crippen molar-refractivity contribution in [3.63, 3.8) is 0 Å². The molecule has 114 valence electrons. The SMILES string of the molecule is NC(N)=NCCN(C(=O)Nc1cccnc1)c1ccccc1. The summed E-state index contributed by atoms with van der Waals surface area (Å²) in [7, 11) is 0. The van der Waals surface area contributed by atoms with Gasteiger partial charge in [-0.25, -0.2) is 4.79 Å². The van der Waals surface area contributed by atoms with E-state index < -0.39 is 0 Å². The summed E-state index contributed by atoms with van der Waals surface area (Å²) < 4.78 is 0. The lowest BCUT2D eigenvalue weighted by atomic mass is 10.3. The number of benzene rings is 1. The van der Waals surface area contributed by atoms with Gasteiger partial charge in [-0.15, -0.1) is 0 Å². The van der Waals surface area contributed by atoms with E-state index in [1.165, 1.54) is 0 Å². The normalized spacial score (nSPS) is 9.82. The van der Waals surface area contributed by atoms with Crippen LogP contribution in [0.3, 0.4) is 0 Å². The van der Waals surface area contributed by atoms with Crippen molar-refractivity contribution in [2.45, 2.75) is 0 Å². The van der Waals surface area contributed by atoms with Crippen molar-refractivity contribution in [3.05, 3.63) is 54.9 Å². The average Bonchev–Trinajstić information content (AvgIpc) is 2.53. The molecule has 2 amide bonds. The summed E-state index contributed by atoms with van der Waals surface area (Å²) in [6.45, 7) is 0.672. The van der Waals surface area contributed by atoms with Crippen molar-refractivity contribution in [2.75, 3.05) is 23.3 Å². The van der Waals surface area contributed by atoms with E-state index >= 15 is 0 Å². The molecule has 1 heterocycles. The third-order valence-electron chi connectivity index (χ3n) is 2.84. The molecule has 5 N–H and O–H groups in total. The number of carbonyl (C=O) groups is 1. The largest absolute Gasteiger partial charge is 0.370 e. The predicted octanol–water partition coefficient (Wildman–Crippen LogP) is 1.39. The second-order valence-electron chi connectivity index (χ2n) is 4.47. The summed E-state index contributed by atoms with van der Waals surface area (Å²) in [6.07, 6.45) is 3.22. The van der Waals surface area contributed by atoms with Crippen LogP contribution < -0.4 is 21.7 Å². The molecule has 7 heteroatoms. The Morgan fingerprint density at radius 2 is 1.95 bits per heavy atom. The van der Waals surface area contributed by atoms with Crippen molar-refractivity contribution in [1.29, 1.82) is 0 Å². The van der Waals surface area contributed by atoms with E-state index in [1.807, 2.05) is 30.3 Å². The molecular weight excluding hydrogens is 280 g/mol. The molecule has 0 fully saturated rings. The summed E-state index contributed by atoms with van der Waals surface area (Å²) in [5.74, 6) is 0.000629. The molecule has 1 aromatic heterocycles. The van der Waals surface area contributed by atoms with Gasteiger partial charge >= 0.3 is 6.03 Å². The smallest absolute Gasteiger partial charge is 0.326 e. The van der Waals surface area contributed by atoms with E-state index in [2.05, 4.69) is 15.3 Å². The van der Waals surface area contributed by atoms with Crippen LogP contribution in [0, 0.1) is 0 Å². The van der Waals surface area contributed by atoms with Crippen LogP contribution in [0.5, 0.6) is 0 Å². The van der Waals surface area contributed by atoms with E-state index in [1.54, 1.807) is 29.4 Å². The van der Waals surface area contributed by atoms with Crippen LogP contribution >= 0.6 is 0 Å². The van der Waals surface area contributed by atoms with Gasteiger partial charge in [-0.2, -0.15) is 0 Å². The molecule has 0 aliphatic carbocycles. The molecular formula is C15H18N6O. The molecule has 0 aliphatic heterocycles. The van der Waals surface area contributed by atoms with E-state index in [-0.39, 0.29) is 12.0 Å². The number of nitrogens with zero attached hydrogens (tertiary/aromatic N) is 3. The number of hydrogen-bond acceptors (Lipinski definition) is 3. The number of aromatic nitrogens is 1. The topological polar surface area (TPSA) is 110 Å². The molecule has 0 spiro atoms. The Morgan fingerprint density at radius 1 is 1.18 bits per heavy atom. The van der Waals surface area contributed by atoms with Crippen molar-refractivity contribution < 1.29 is 4.79 Å². The lowest BCUT2D eigenvalue weighted by Crippen LogP contribution is -2.37. The first-order chi connectivity index (χ1) is 10.7. The Labute approximate surface area is 128 Å². The van der Waals surface area contributed by atoms with Gasteiger partial charge in [0, 0.05) is 18.4 Å². The van der Waals surface area contributed by atoms with Crippen LogP contribution in [-0.2, 0) is 0 Å². The van der Waals surface area contributed by atoms with E-state index in [9.17, 15) is 4.79 Å². The number of anilines is 2. The highest BCUT2D eigenvalue weighted by molar-refractivity contribution is 6.01. The van der Waals surface area contributed by atoms with Gasteiger partial charge in [0.2, 0.25) is 0 Å². The maximum absolute atomic E-state index is 12.5. The van der Waals surface area contributed by atoms with Crippen molar-refractivity contribution >= 4 is 23.4 Å². The van der Waals surface area contributed by atoms with Crippen LogP contribution in [-0.4, -0.2) is 30.1 Å². The van der Waals surface area contributed by atoms with Crippen molar-refractivity contribution in [3.8, 4) is 0 Å². The van der Waals surface area contributed by atoms with Crippen LogP contribution in [0.1, 0.15) is 0 Å². The lowest BCUT2D eigenvalue weighted by molar-refractivity contribution is 0.257.